The van der Waals surface area contributed by atoms with Gasteiger partial charge in [-0.2, -0.15) is 13.2 Å². The maximum atomic E-state index is 12.7. The van der Waals surface area contributed by atoms with Crippen molar-refractivity contribution < 1.29 is 22.8 Å². The summed E-state index contributed by atoms with van der Waals surface area (Å²) in [6, 6.07) is 4.41. The van der Waals surface area contributed by atoms with Gasteiger partial charge in [-0.15, -0.1) is 0 Å². The van der Waals surface area contributed by atoms with Crippen LogP contribution in [0, 0.1) is 0 Å². The van der Waals surface area contributed by atoms with E-state index in [0.29, 0.717) is 12.8 Å². The number of carbonyl (C=O) groups is 2. The smallest absolute Gasteiger partial charge is 0.368 e. The quantitative estimate of drug-likeness (QED) is 0.874. The summed E-state index contributed by atoms with van der Waals surface area (Å²) in [6.45, 7) is 0. The average molecular weight is 272 g/mol. The number of amides is 2. The fourth-order valence-corrected chi connectivity index (χ4v) is 1.77. The van der Waals surface area contributed by atoms with E-state index in [2.05, 4.69) is 5.32 Å². The lowest BCUT2D eigenvalue weighted by Gasteiger charge is -2.16. The average Bonchev–Trinajstić information content (AvgIpc) is 3.09. The molecular weight excluding hydrogens is 261 g/mol. The summed E-state index contributed by atoms with van der Waals surface area (Å²) >= 11 is 0. The first-order valence-electron chi connectivity index (χ1n) is 5.55. The number of hydrogen-bond acceptors (Lipinski definition) is 2. The molecule has 0 heterocycles. The summed E-state index contributed by atoms with van der Waals surface area (Å²) in [7, 11) is 0. The molecule has 0 unspecified atom stereocenters. The van der Waals surface area contributed by atoms with Gasteiger partial charge in [0, 0.05) is 0 Å². The zero-order valence-corrected chi connectivity index (χ0v) is 9.75. The molecule has 2 amide bonds. The van der Waals surface area contributed by atoms with Crippen molar-refractivity contribution in [2.75, 3.05) is 0 Å². The molecule has 0 aromatic heterocycles. The Balaban J connectivity index is 2.28. The summed E-state index contributed by atoms with van der Waals surface area (Å²) in [5.41, 5.74) is 2.38. The lowest BCUT2D eigenvalue weighted by atomic mass is 10.1. The molecule has 0 radical (unpaired) electrons. The molecule has 2 rings (SSSR count). The minimum atomic E-state index is -4.63. The van der Waals surface area contributed by atoms with Gasteiger partial charge in [0.05, 0.1) is 11.1 Å². The standard InChI is InChI=1S/C12H11F3N2O2/c13-12(14,15)8-4-2-1-3-7(8)9(18)17-11(5-6-11)10(16)19/h1-4H,5-6H2,(H2,16,19)(H,17,18). The predicted octanol–water partition coefficient (Wildman–Crippen LogP) is 1.45. The Morgan fingerprint density at radius 2 is 1.79 bits per heavy atom. The molecule has 3 N–H and O–H groups in total. The van der Waals surface area contributed by atoms with E-state index in [9.17, 15) is 22.8 Å². The van der Waals surface area contributed by atoms with Crippen molar-refractivity contribution in [1.82, 2.24) is 5.32 Å². The molecule has 1 aliphatic carbocycles. The van der Waals surface area contributed by atoms with Gasteiger partial charge in [0.15, 0.2) is 0 Å². The van der Waals surface area contributed by atoms with Gasteiger partial charge in [-0.25, -0.2) is 0 Å². The zero-order chi connectivity index (χ0) is 14.3. The highest BCUT2D eigenvalue weighted by Crippen LogP contribution is 2.36. The number of rotatable bonds is 3. The Labute approximate surface area is 106 Å². The lowest BCUT2D eigenvalue weighted by Crippen LogP contribution is -2.47. The predicted molar refractivity (Wildman–Crippen MR) is 60.1 cm³/mol. The fraction of sp³-hybridized carbons (Fsp3) is 0.333. The Bertz CT molecular complexity index is 536. The van der Waals surface area contributed by atoms with Crippen molar-refractivity contribution in [1.29, 1.82) is 0 Å². The third-order valence-electron chi connectivity index (χ3n) is 3.05. The molecule has 19 heavy (non-hydrogen) atoms. The number of hydrogen-bond donors (Lipinski definition) is 2. The molecule has 102 valence electrons. The normalized spacial score (nSPS) is 16.8. The Morgan fingerprint density at radius 1 is 1.21 bits per heavy atom. The first-order chi connectivity index (χ1) is 8.76. The number of halogens is 3. The van der Waals surface area contributed by atoms with Crippen molar-refractivity contribution in [3.05, 3.63) is 35.4 Å². The third-order valence-corrected chi connectivity index (χ3v) is 3.05. The summed E-state index contributed by atoms with van der Waals surface area (Å²) in [5.74, 6) is -1.67. The van der Waals surface area contributed by atoms with E-state index >= 15 is 0 Å². The van der Waals surface area contributed by atoms with E-state index in [1.807, 2.05) is 0 Å². The van der Waals surface area contributed by atoms with Crippen molar-refractivity contribution in [3.8, 4) is 0 Å². The largest absolute Gasteiger partial charge is 0.417 e. The molecule has 1 fully saturated rings. The van der Waals surface area contributed by atoms with Crippen LogP contribution in [0.25, 0.3) is 0 Å². The lowest BCUT2D eigenvalue weighted by molar-refractivity contribution is -0.137. The number of primary amides is 1. The second-order valence-corrected chi connectivity index (χ2v) is 4.44. The molecule has 0 spiro atoms. The molecule has 1 aromatic carbocycles. The zero-order valence-electron chi connectivity index (χ0n) is 9.75. The van der Waals surface area contributed by atoms with E-state index < -0.39 is 34.7 Å². The molecule has 0 atom stereocenters. The third kappa shape index (κ3) is 2.54. The molecular formula is C12H11F3N2O2. The van der Waals surface area contributed by atoms with E-state index in [0.717, 1.165) is 12.1 Å². The Morgan fingerprint density at radius 3 is 2.26 bits per heavy atom. The van der Waals surface area contributed by atoms with Crippen molar-refractivity contribution in [3.63, 3.8) is 0 Å². The van der Waals surface area contributed by atoms with Crippen LogP contribution in [-0.4, -0.2) is 17.4 Å². The highest BCUT2D eigenvalue weighted by atomic mass is 19.4. The second-order valence-electron chi connectivity index (χ2n) is 4.44. The molecule has 7 heteroatoms. The van der Waals surface area contributed by atoms with Gasteiger partial charge in [0.25, 0.3) is 5.91 Å². The highest BCUT2D eigenvalue weighted by Gasteiger charge is 2.50. The molecule has 0 bridgehead atoms. The summed E-state index contributed by atoms with van der Waals surface area (Å²) < 4.78 is 38.2. The SMILES string of the molecule is NC(=O)C1(NC(=O)c2ccccc2C(F)(F)F)CC1. The second kappa shape index (κ2) is 4.25. The molecule has 1 aliphatic rings. The number of benzene rings is 1. The number of carbonyl (C=O) groups excluding carboxylic acids is 2. The van der Waals surface area contributed by atoms with Crippen LogP contribution in [0.15, 0.2) is 24.3 Å². The van der Waals surface area contributed by atoms with Crippen molar-refractivity contribution in [2.45, 2.75) is 24.6 Å². The van der Waals surface area contributed by atoms with Crippen LogP contribution < -0.4 is 11.1 Å². The minimum absolute atomic E-state index is 0.349. The Kier molecular flexibility index (Phi) is 3.00. The maximum Gasteiger partial charge on any atom is 0.417 e. The van der Waals surface area contributed by atoms with Gasteiger partial charge in [-0.1, -0.05) is 12.1 Å². The van der Waals surface area contributed by atoms with Crippen molar-refractivity contribution in [2.24, 2.45) is 5.73 Å². The monoisotopic (exact) mass is 272 g/mol. The van der Waals surface area contributed by atoms with Crippen LogP contribution in [0.2, 0.25) is 0 Å². The van der Waals surface area contributed by atoms with Gasteiger partial charge >= 0.3 is 6.18 Å². The first kappa shape index (κ1) is 13.4. The Hall–Kier alpha value is -2.05. The number of nitrogens with one attached hydrogen (secondary N) is 1. The van der Waals surface area contributed by atoms with E-state index in [4.69, 9.17) is 5.73 Å². The van der Waals surface area contributed by atoms with Crippen LogP contribution in [0.3, 0.4) is 0 Å². The molecule has 0 aliphatic heterocycles. The minimum Gasteiger partial charge on any atom is -0.368 e. The highest BCUT2D eigenvalue weighted by molar-refractivity contribution is 6.01. The van der Waals surface area contributed by atoms with E-state index in [-0.39, 0.29) is 0 Å². The van der Waals surface area contributed by atoms with Gasteiger partial charge in [-0.3, -0.25) is 9.59 Å². The number of alkyl halides is 3. The number of nitrogens with two attached hydrogens (primary N) is 1. The summed E-state index contributed by atoms with van der Waals surface area (Å²) in [6.07, 6.45) is -3.93. The van der Waals surface area contributed by atoms with Gasteiger partial charge in [0.2, 0.25) is 5.91 Å². The van der Waals surface area contributed by atoms with Crippen LogP contribution >= 0.6 is 0 Å². The molecule has 1 saturated carbocycles. The van der Waals surface area contributed by atoms with E-state index in [1.54, 1.807) is 0 Å². The van der Waals surface area contributed by atoms with Crippen molar-refractivity contribution >= 4 is 11.8 Å². The van der Waals surface area contributed by atoms with Gasteiger partial charge in [-0.05, 0) is 25.0 Å². The maximum absolute atomic E-state index is 12.7. The van der Waals surface area contributed by atoms with E-state index in [1.165, 1.54) is 12.1 Å². The van der Waals surface area contributed by atoms with Gasteiger partial charge in [0.1, 0.15) is 5.54 Å². The van der Waals surface area contributed by atoms with Crippen LogP contribution in [0.5, 0.6) is 0 Å². The van der Waals surface area contributed by atoms with Crippen LogP contribution in [0.1, 0.15) is 28.8 Å². The summed E-state index contributed by atoms with van der Waals surface area (Å²) in [4.78, 5) is 23.0. The molecule has 4 nitrogen and oxygen atoms in total. The molecule has 0 saturated heterocycles. The first-order valence-corrected chi connectivity index (χ1v) is 5.55. The van der Waals surface area contributed by atoms with Crippen LogP contribution in [0.4, 0.5) is 13.2 Å². The summed E-state index contributed by atoms with van der Waals surface area (Å²) in [5, 5.41) is 2.28. The van der Waals surface area contributed by atoms with Crippen LogP contribution in [-0.2, 0) is 11.0 Å². The topological polar surface area (TPSA) is 72.2 Å². The fourth-order valence-electron chi connectivity index (χ4n) is 1.77. The molecule has 1 aromatic rings. The van der Waals surface area contributed by atoms with Gasteiger partial charge < -0.3 is 11.1 Å².